The maximum atomic E-state index is 13.2. The maximum Gasteiger partial charge on any atom is 0.240 e. The second-order valence-electron chi connectivity index (χ2n) is 5.97. The highest BCUT2D eigenvalue weighted by Crippen LogP contribution is 2.10. The molecule has 0 unspecified atom stereocenters. The number of benzene rings is 2. The molecule has 0 aliphatic rings. The summed E-state index contributed by atoms with van der Waals surface area (Å²) in [6.45, 7) is 2.09. The average Bonchev–Trinajstić information content (AvgIpc) is 3.02. The Morgan fingerprint density at radius 2 is 1.92 bits per heavy atom. The first kappa shape index (κ1) is 18.2. The van der Waals surface area contributed by atoms with Crippen LogP contribution in [-0.2, 0) is 22.9 Å². The van der Waals surface area contributed by atoms with E-state index in [1.807, 2.05) is 6.92 Å². The van der Waals surface area contributed by atoms with Crippen molar-refractivity contribution in [3.05, 3.63) is 77.1 Å². The van der Waals surface area contributed by atoms with Crippen LogP contribution in [0.1, 0.15) is 22.8 Å². The van der Waals surface area contributed by atoms with Crippen molar-refractivity contribution in [2.75, 3.05) is 6.54 Å². The minimum Gasteiger partial charge on any atom is -0.263 e. The third kappa shape index (κ3) is 4.74. The van der Waals surface area contributed by atoms with Crippen LogP contribution in [0.15, 0.2) is 53.4 Å². The number of H-pyrrole nitrogens is 1. The summed E-state index contributed by atoms with van der Waals surface area (Å²) in [4.78, 5) is 4.54. The monoisotopic (exact) mass is 374 g/mol. The van der Waals surface area contributed by atoms with Crippen LogP contribution in [0, 0.1) is 12.7 Å². The number of sulfonamides is 1. The van der Waals surface area contributed by atoms with Gasteiger partial charge in [0.15, 0.2) is 5.82 Å². The molecule has 0 saturated carbocycles. The molecule has 3 aromatic rings. The van der Waals surface area contributed by atoms with E-state index in [-0.39, 0.29) is 17.3 Å². The molecule has 0 aliphatic heterocycles. The van der Waals surface area contributed by atoms with E-state index in [0.717, 1.165) is 11.1 Å². The van der Waals surface area contributed by atoms with E-state index in [0.29, 0.717) is 24.5 Å². The molecule has 0 aliphatic carbocycles. The van der Waals surface area contributed by atoms with E-state index in [2.05, 4.69) is 19.9 Å². The summed E-state index contributed by atoms with van der Waals surface area (Å²) in [5.74, 6) is 0.808. The molecule has 2 aromatic carbocycles. The van der Waals surface area contributed by atoms with Gasteiger partial charge < -0.3 is 0 Å². The third-order valence-electron chi connectivity index (χ3n) is 3.81. The van der Waals surface area contributed by atoms with Gasteiger partial charge in [0.25, 0.3) is 0 Å². The second-order valence-corrected chi connectivity index (χ2v) is 7.73. The van der Waals surface area contributed by atoms with Crippen LogP contribution in [0.4, 0.5) is 4.39 Å². The Morgan fingerprint density at radius 1 is 1.15 bits per heavy atom. The van der Waals surface area contributed by atoms with Crippen molar-refractivity contribution in [2.45, 2.75) is 24.7 Å². The molecule has 1 heterocycles. The van der Waals surface area contributed by atoms with E-state index in [1.165, 1.54) is 12.1 Å². The van der Waals surface area contributed by atoms with Gasteiger partial charge in [-0.3, -0.25) is 5.10 Å². The van der Waals surface area contributed by atoms with Crippen LogP contribution < -0.4 is 4.72 Å². The van der Waals surface area contributed by atoms with E-state index >= 15 is 0 Å². The zero-order valence-corrected chi connectivity index (χ0v) is 15.1. The fourth-order valence-electron chi connectivity index (χ4n) is 2.46. The van der Waals surface area contributed by atoms with E-state index < -0.39 is 10.0 Å². The summed E-state index contributed by atoms with van der Waals surface area (Å²) in [7, 11) is -3.55. The summed E-state index contributed by atoms with van der Waals surface area (Å²) in [5.41, 5.74) is 1.78. The molecule has 0 amide bonds. The van der Waals surface area contributed by atoms with E-state index in [1.54, 1.807) is 36.4 Å². The van der Waals surface area contributed by atoms with Gasteiger partial charge in [0.2, 0.25) is 10.0 Å². The minimum atomic E-state index is -3.55. The second kappa shape index (κ2) is 7.76. The lowest BCUT2D eigenvalue weighted by atomic mass is 10.1. The first-order valence-corrected chi connectivity index (χ1v) is 9.62. The van der Waals surface area contributed by atoms with Crippen LogP contribution in [0.5, 0.6) is 0 Å². The Morgan fingerprint density at radius 3 is 2.65 bits per heavy atom. The molecule has 0 spiro atoms. The number of nitrogens with zero attached hydrogens (tertiary/aromatic N) is 2. The fourth-order valence-corrected chi connectivity index (χ4v) is 3.50. The molecular formula is C18H19FN4O2S. The molecule has 0 fully saturated rings. The molecule has 26 heavy (non-hydrogen) atoms. The van der Waals surface area contributed by atoms with Crippen LogP contribution >= 0.6 is 0 Å². The molecule has 0 bridgehead atoms. The zero-order chi connectivity index (χ0) is 18.6. The number of aryl methyl sites for hydroxylation is 1. The lowest BCUT2D eigenvalue weighted by Gasteiger charge is -2.05. The minimum absolute atomic E-state index is 0.188. The summed E-state index contributed by atoms with van der Waals surface area (Å²) in [6, 6.07) is 12.9. The predicted molar refractivity (Wildman–Crippen MR) is 95.7 cm³/mol. The van der Waals surface area contributed by atoms with Crippen molar-refractivity contribution >= 4 is 10.0 Å². The van der Waals surface area contributed by atoms with Gasteiger partial charge in [0.1, 0.15) is 11.6 Å². The SMILES string of the molecule is Cc1ccc(S(=O)(=O)NCCc2n[nH]c(Cc3cccc(F)c3)n2)cc1. The summed E-state index contributed by atoms with van der Waals surface area (Å²) in [5, 5.41) is 6.87. The lowest BCUT2D eigenvalue weighted by Crippen LogP contribution is -2.26. The van der Waals surface area contributed by atoms with Crippen molar-refractivity contribution in [1.82, 2.24) is 19.9 Å². The Balaban J connectivity index is 1.55. The van der Waals surface area contributed by atoms with Crippen LogP contribution in [0.2, 0.25) is 0 Å². The van der Waals surface area contributed by atoms with Gasteiger partial charge in [-0.25, -0.2) is 22.5 Å². The number of aromatic nitrogens is 3. The normalized spacial score (nSPS) is 11.6. The summed E-state index contributed by atoms with van der Waals surface area (Å²) in [6.07, 6.45) is 0.782. The molecule has 0 atom stereocenters. The van der Waals surface area contributed by atoms with Crippen molar-refractivity contribution in [2.24, 2.45) is 0 Å². The van der Waals surface area contributed by atoms with Crippen molar-refractivity contribution in [3.63, 3.8) is 0 Å². The molecule has 2 N–H and O–H groups in total. The smallest absolute Gasteiger partial charge is 0.240 e. The quantitative estimate of drug-likeness (QED) is 0.665. The van der Waals surface area contributed by atoms with Crippen LogP contribution in [-0.4, -0.2) is 30.1 Å². The predicted octanol–water partition coefficient (Wildman–Crippen LogP) is 2.36. The van der Waals surface area contributed by atoms with Crippen LogP contribution in [0.3, 0.4) is 0 Å². The third-order valence-corrected chi connectivity index (χ3v) is 5.29. The number of rotatable bonds is 7. The van der Waals surface area contributed by atoms with Gasteiger partial charge >= 0.3 is 0 Å². The molecule has 1 aromatic heterocycles. The Hall–Kier alpha value is -2.58. The zero-order valence-electron chi connectivity index (χ0n) is 14.2. The fraction of sp³-hybridized carbons (Fsp3) is 0.222. The van der Waals surface area contributed by atoms with Crippen molar-refractivity contribution in [3.8, 4) is 0 Å². The van der Waals surface area contributed by atoms with Crippen molar-refractivity contribution < 1.29 is 12.8 Å². The summed E-state index contributed by atoms with van der Waals surface area (Å²) >= 11 is 0. The molecule has 0 saturated heterocycles. The molecule has 136 valence electrons. The van der Waals surface area contributed by atoms with Gasteiger partial charge in [-0.2, -0.15) is 5.10 Å². The first-order valence-electron chi connectivity index (χ1n) is 8.13. The highest BCUT2D eigenvalue weighted by atomic mass is 32.2. The first-order chi connectivity index (χ1) is 12.4. The van der Waals surface area contributed by atoms with Gasteiger partial charge in [-0.15, -0.1) is 0 Å². The van der Waals surface area contributed by atoms with E-state index in [4.69, 9.17) is 0 Å². The number of hydrogen-bond donors (Lipinski definition) is 2. The van der Waals surface area contributed by atoms with Crippen molar-refractivity contribution in [1.29, 1.82) is 0 Å². The Kier molecular flexibility index (Phi) is 5.43. The highest BCUT2D eigenvalue weighted by molar-refractivity contribution is 7.89. The molecule has 3 rings (SSSR count). The maximum absolute atomic E-state index is 13.2. The van der Waals surface area contributed by atoms with E-state index in [9.17, 15) is 12.8 Å². The largest absolute Gasteiger partial charge is 0.263 e. The Labute approximate surface area is 151 Å². The van der Waals surface area contributed by atoms with Crippen LogP contribution in [0.25, 0.3) is 0 Å². The summed E-state index contributed by atoms with van der Waals surface area (Å²) < 4.78 is 40.2. The topological polar surface area (TPSA) is 87.7 Å². The van der Waals surface area contributed by atoms with Gasteiger partial charge in [-0.05, 0) is 36.8 Å². The lowest BCUT2D eigenvalue weighted by molar-refractivity contribution is 0.581. The van der Waals surface area contributed by atoms with Gasteiger partial charge in [0.05, 0.1) is 4.90 Å². The number of halogens is 1. The van der Waals surface area contributed by atoms with Gasteiger partial charge in [-0.1, -0.05) is 29.8 Å². The van der Waals surface area contributed by atoms with Gasteiger partial charge in [0, 0.05) is 19.4 Å². The number of nitrogens with one attached hydrogen (secondary N) is 2. The average molecular weight is 374 g/mol. The number of aromatic amines is 1. The standard InChI is InChI=1S/C18H19FN4O2S/c1-13-5-7-16(8-6-13)26(24,25)20-10-9-17-21-18(23-22-17)12-14-3-2-4-15(19)11-14/h2-8,11,20H,9-10,12H2,1H3,(H,21,22,23). The molecular weight excluding hydrogens is 355 g/mol. The highest BCUT2D eigenvalue weighted by Gasteiger charge is 2.13. The molecule has 6 nitrogen and oxygen atoms in total. The number of hydrogen-bond acceptors (Lipinski definition) is 4. The molecule has 0 radical (unpaired) electrons. The Bertz CT molecular complexity index is 984. The molecule has 8 heteroatoms.